The average Bonchev–Trinajstić information content (AvgIpc) is 2.05. The van der Waals surface area contributed by atoms with Crippen molar-refractivity contribution in [3.8, 4) is 0 Å². The summed E-state index contributed by atoms with van der Waals surface area (Å²) in [5.41, 5.74) is 0.601. The van der Waals surface area contributed by atoms with Crippen molar-refractivity contribution < 1.29 is 0 Å². The fourth-order valence-electron chi connectivity index (χ4n) is 2.05. The van der Waals surface area contributed by atoms with Crippen LogP contribution in [0.1, 0.15) is 73.1 Å². The summed E-state index contributed by atoms with van der Waals surface area (Å²) >= 11 is 0. The zero-order valence-corrected chi connectivity index (χ0v) is 10.3. The fraction of sp³-hybridized carbons (Fsp3) is 1.00. The molecule has 0 nitrogen and oxygen atoms in total. The molecule has 0 N–H and O–H groups in total. The first-order chi connectivity index (χ1) is 6.06. The van der Waals surface area contributed by atoms with E-state index in [9.17, 15) is 0 Å². The van der Waals surface area contributed by atoms with Gasteiger partial charge in [-0.3, -0.25) is 0 Å². The van der Waals surface area contributed by atoms with E-state index in [1.807, 2.05) is 0 Å². The van der Waals surface area contributed by atoms with E-state index in [2.05, 4.69) is 34.6 Å². The molecule has 0 aliphatic carbocycles. The molecular weight excluding hydrogens is 156 g/mol. The predicted octanol–water partition coefficient (Wildman–Crippen LogP) is 5.03. The maximum atomic E-state index is 2.47. The Labute approximate surface area is 85.1 Å². The molecule has 0 fully saturated rings. The van der Waals surface area contributed by atoms with E-state index in [4.69, 9.17) is 0 Å². The molecular formula is C13H28. The Bertz CT molecular complexity index is 115. The van der Waals surface area contributed by atoms with Gasteiger partial charge in [0, 0.05) is 0 Å². The molecule has 0 heterocycles. The lowest BCUT2D eigenvalue weighted by molar-refractivity contribution is 0.173. The largest absolute Gasteiger partial charge is 0.0654 e. The minimum atomic E-state index is 0.601. The molecule has 0 radical (unpaired) electrons. The normalized spacial score (nSPS) is 16.2. The quantitative estimate of drug-likeness (QED) is 0.487. The highest BCUT2D eigenvalue weighted by molar-refractivity contribution is 4.77. The molecule has 13 heavy (non-hydrogen) atoms. The third-order valence-electron chi connectivity index (χ3n) is 3.57. The van der Waals surface area contributed by atoms with Crippen LogP contribution in [0.25, 0.3) is 0 Å². The van der Waals surface area contributed by atoms with Crippen molar-refractivity contribution in [3.63, 3.8) is 0 Å². The first-order valence-corrected chi connectivity index (χ1v) is 6.06. The standard InChI is InChI=1S/C13H28/c1-6-8-9-11-13(5,10-7-2)12(3)4/h12H,6-11H2,1-5H3. The second kappa shape index (κ2) is 6.45. The van der Waals surface area contributed by atoms with Crippen LogP contribution < -0.4 is 0 Å². The summed E-state index contributed by atoms with van der Waals surface area (Å²) in [5, 5.41) is 0. The topological polar surface area (TPSA) is 0 Å². The van der Waals surface area contributed by atoms with Gasteiger partial charge in [0.25, 0.3) is 0 Å². The SMILES string of the molecule is CCCCCC(C)(CCC)C(C)C. The molecule has 0 bridgehead atoms. The molecule has 80 valence electrons. The Morgan fingerprint density at radius 2 is 1.54 bits per heavy atom. The summed E-state index contributed by atoms with van der Waals surface area (Å²) in [5.74, 6) is 0.837. The fourth-order valence-corrected chi connectivity index (χ4v) is 2.05. The first kappa shape index (κ1) is 13.0. The molecule has 0 saturated heterocycles. The first-order valence-electron chi connectivity index (χ1n) is 6.06. The zero-order valence-electron chi connectivity index (χ0n) is 10.3. The van der Waals surface area contributed by atoms with Crippen LogP contribution in [0.15, 0.2) is 0 Å². The lowest BCUT2D eigenvalue weighted by Crippen LogP contribution is -2.23. The molecule has 0 aromatic carbocycles. The molecule has 1 unspecified atom stereocenters. The van der Waals surface area contributed by atoms with Crippen LogP contribution in [0.5, 0.6) is 0 Å². The molecule has 0 aromatic rings. The van der Waals surface area contributed by atoms with E-state index in [-0.39, 0.29) is 0 Å². The summed E-state index contributed by atoms with van der Waals surface area (Å²) < 4.78 is 0. The van der Waals surface area contributed by atoms with Crippen molar-refractivity contribution in [2.45, 2.75) is 73.1 Å². The van der Waals surface area contributed by atoms with Crippen LogP contribution in [-0.2, 0) is 0 Å². The third-order valence-corrected chi connectivity index (χ3v) is 3.57. The molecule has 0 aromatic heterocycles. The highest BCUT2D eigenvalue weighted by Gasteiger charge is 2.26. The van der Waals surface area contributed by atoms with Gasteiger partial charge in [0.2, 0.25) is 0 Å². The van der Waals surface area contributed by atoms with Crippen molar-refractivity contribution in [3.05, 3.63) is 0 Å². The van der Waals surface area contributed by atoms with E-state index < -0.39 is 0 Å². The molecule has 1 atom stereocenters. The Morgan fingerprint density at radius 1 is 0.923 bits per heavy atom. The van der Waals surface area contributed by atoms with Gasteiger partial charge in [-0.2, -0.15) is 0 Å². The van der Waals surface area contributed by atoms with Crippen LogP contribution in [0.3, 0.4) is 0 Å². The van der Waals surface area contributed by atoms with E-state index in [0.717, 1.165) is 5.92 Å². The van der Waals surface area contributed by atoms with Gasteiger partial charge in [-0.25, -0.2) is 0 Å². The van der Waals surface area contributed by atoms with Crippen molar-refractivity contribution in [1.29, 1.82) is 0 Å². The Balaban J connectivity index is 3.92. The maximum absolute atomic E-state index is 2.47. The average molecular weight is 184 g/mol. The number of hydrogen-bond donors (Lipinski definition) is 0. The highest BCUT2D eigenvalue weighted by atomic mass is 14.3. The molecule has 0 saturated carbocycles. The zero-order chi connectivity index (χ0) is 10.3. The minimum absolute atomic E-state index is 0.601. The Hall–Kier alpha value is 0. The van der Waals surface area contributed by atoms with Gasteiger partial charge < -0.3 is 0 Å². The highest BCUT2D eigenvalue weighted by Crippen LogP contribution is 2.37. The van der Waals surface area contributed by atoms with Crippen LogP contribution in [0, 0.1) is 11.3 Å². The van der Waals surface area contributed by atoms with E-state index in [1.54, 1.807) is 0 Å². The van der Waals surface area contributed by atoms with Gasteiger partial charge >= 0.3 is 0 Å². The van der Waals surface area contributed by atoms with Gasteiger partial charge in [0.1, 0.15) is 0 Å². The monoisotopic (exact) mass is 184 g/mol. The second-order valence-corrected chi connectivity index (χ2v) is 5.02. The molecule has 0 spiro atoms. The summed E-state index contributed by atoms with van der Waals surface area (Å²) in [6, 6.07) is 0. The minimum Gasteiger partial charge on any atom is -0.0654 e. The Morgan fingerprint density at radius 3 is 1.92 bits per heavy atom. The number of unbranched alkanes of at least 4 members (excludes halogenated alkanes) is 2. The molecule has 0 amide bonds. The van der Waals surface area contributed by atoms with E-state index in [0.29, 0.717) is 5.41 Å². The summed E-state index contributed by atoms with van der Waals surface area (Å²) in [7, 11) is 0. The van der Waals surface area contributed by atoms with Gasteiger partial charge in [-0.05, 0) is 24.2 Å². The van der Waals surface area contributed by atoms with Crippen molar-refractivity contribution in [2.75, 3.05) is 0 Å². The summed E-state index contributed by atoms with van der Waals surface area (Å²) in [6.45, 7) is 11.8. The summed E-state index contributed by atoms with van der Waals surface area (Å²) in [4.78, 5) is 0. The smallest absolute Gasteiger partial charge is 0.0303 e. The lowest BCUT2D eigenvalue weighted by Gasteiger charge is -2.33. The van der Waals surface area contributed by atoms with Crippen molar-refractivity contribution in [2.24, 2.45) is 11.3 Å². The van der Waals surface area contributed by atoms with Crippen molar-refractivity contribution in [1.82, 2.24) is 0 Å². The van der Waals surface area contributed by atoms with Crippen LogP contribution in [-0.4, -0.2) is 0 Å². The number of rotatable bonds is 7. The van der Waals surface area contributed by atoms with Gasteiger partial charge in [-0.15, -0.1) is 0 Å². The third kappa shape index (κ3) is 4.69. The lowest BCUT2D eigenvalue weighted by atomic mass is 9.72. The number of hydrogen-bond acceptors (Lipinski definition) is 0. The summed E-state index contributed by atoms with van der Waals surface area (Å²) in [6.07, 6.45) is 8.33. The van der Waals surface area contributed by atoms with Gasteiger partial charge in [0.15, 0.2) is 0 Å². The molecule has 0 heteroatoms. The molecule has 0 aliphatic rings. The molecule has 0 rings (SSSR count). The van der Waals surface area contributed by atoms with Crippen LogP contribution >= 0.6 is 0 Å². The van der Waals surface area contributed by atoms with E-state index in [1.165, 1.54) is 38.5 Å². The maximum Gasteiger partial charge on any atom is -0.0303 e. The predicted molar refractivity (Wildman–Crippen MR) is 62.0 cm³/mol. The Kier molecular flexibility index (Phi) is 6.45. The van der Waals surface area contributed by atoms with Crippen LogP contribution in [0.4, 0.5) is 0 Å². The van der Waals surface area contributed by atoms with Crippen molar-refractivity contribution >= 4 is 0 Å². The molecule has 0 aliphatic heterocycles. The van der Waals surface area contributed by atoms with Gasteiger partial charge in [-0.1, -0.05) is 60.3 Å². The van der Waals surface area contributed by atoms with Gasteiger partial charge in [0.05, 0.1) is 0 Å². The van der Waals surface area contributed by atoms with Crippen LogP contribution in [0.2, 0.25) is 0 Å². The van der Waals surface area contributed by atoms with E-state index >= 15 is 0 Å². The second-order valence-electron chi connectivity index (χ2n) is 5.02.